The molecule has 0 aliphatic carbocycles. The summed E-state index contributed by atoms with van der Waals surface area (Å²) >= 11 is 5.21. The second kappa shape index (κ2) is 4.45. The molecule has 0 nitrogen and oxygen atoms in total. The highest BCUT2D eigenvalue weighted by atomic mass is 79.9. The van der Waals surface area contributed by atoms with Crippen molar-refractivity contribution in [2.75, 3.05) is 0 Å². The minimum absolute atomic E-state index is 0.188. The van der Waals surface area contributed by atoms with Crippen molar-refractivity contribution in [2.24, 2.45) is 0 Å². The molecule has 0 bridgehead atoms. The third kappa shape index (κ3) is 2.29. The highest BCUT2D eigenvalue weighted by Gasteiger charge is 2.06. The number of rotatable bonds is 2. The summed E-state index contributed by atoms with van der Waals surface area (Å²) in [4.78, 5) is 2.57. The van der Waals surface area contributed by atoms with Gasteiger partial charge in [0.15, 0.2) is 0 Å². The number of hydrogen-bond acceptors (Lipinski definition) is 1. The number of alkyl halides is 1. The van der Waals surface area contributed by atoms with E-state index in [1.807, 2.05) is 12.1 Å². The molecule has 0 N–H and O–H groups in total. The fraction of sp³-hybridized carbons (Fsp3) is 0.167. The maximum Gasteiger partial charge on any atom is 0.123 e. The molecule has 2 rings (SSSR count). The monoisotopic (exact) mass is 284 g/mol. The van der Waals surface area contributed by atoms with E-state index in [0.717, 1.165) is 10.9 Å². The van der Waals surface area contributed by atoms with Crippen LogP contribution in [0.25, 0.3) is 11.1 Å². The standard InChI is InChI=1S/C12H10BrFS/c1-8-12(6-11(7-13)15-8)9-2-4-10(14)5-3-9/h2-6H,7H2,1H3. The summed E-state index contributed by atoms with van der Waals surface area (Å²) in [6.45, 7) is 2.09. The van der Waals surface area contributed by atoms with Crippen molar-refractivity contribution in [3.63, 3.8) is 0 Å². The molecule has 2 aromatic rings. The lowest BCUT2D eigenvalue weighted by atomic mass is 10.1. The Morgan fingerprint density at radius 2 is 1.93 bits per heavy atom. The van der Waals surface area contributed by atoms with Gasteiger partial charge in [0.05, 0.1) is 0 Å². The summed E-state index contributed by atoms with van der Waals surface area (Å²) in [5.74, 6) is -0.188. The van der Waals surface area contributed by atoms with E-state index < -0.39 is 0 Å². The van der Waals surface area contributed by atoms with Crippen LogP contribution in [0.3, 0.4) is 0 Å². The van der Waals surface area contributed by atoms with Crippen LogP contribution in [-0.2, 0) is 5.33 Å². The maximum absolute atomic E-state index is 12.8. The third-order valence-electron chi connectivity index (χ3n) is 2.26. The molecule has 0 atom stereocenters. The largest absolute Gasteiger partial charge is 0.207 e. The molecule has 3 heteroatoms. The lowest BCUT2D eigenvalue weighted by Crippen LogP contribution is -1.77. The van der Waals surface area contributed by atoms with Gasteiger partial charge in [-0.15, -0.1) is 11.3 Å². The predicted octanol–water partition coefficient (Wildman–Crippen LogP) is 4.76. The Morgan fingerprint density at radius 3 is 2.47 bits per heavy atom. The molecule has 1 heterocycles. The topological polar surface area (TPSA) is 0 Å². The average molecular weight is 285 g/mol. The van der Waals surface area contributed by atoms with E-state index in [9.17, 15) is 4.39 Å². The fourth-order valence-electron chi connectivity index (χ4n) is 1.53. The van der Waals surface area contributed by atoms with Crippen LogP contribution in [0.1, 0.15) is 9.75 Å². The fourth-order valence-corrected chi connectivity index (χ4v) is 2.94. The Balaban J connectivity index is 2.44. The zero-order chi connectivity index (χ0) is 10.8. The van der Waals surface area contributed by atoms with Crippen LogP contribution in [0.5, 0.6) is 0 Å². The molecule has 78 valence electrons. The summed E-state index contributed by atoms with van der Waals surface area (Å²) in [6, 6.07) is 8.80. The van der Waals surface area contributed by atoms with Gasteiger partial charge >= 0.3 is 0 Å². The number of halogens is 2. The lowest BCUT2D eigenvalue weighted by Gasteiger charge is -1.99. The highest BCUT2D eigenvalue weighted by molar-refractivity contribution is 9.08. The molecular weight excluding hydrogens is 275 g/mol. The molecule has 0 aliphatic heterocycles. The van der Waals surface area contributed by atoms with Gasteiger partial charge < -0.3 is 0 Å². The molecule has 0 aliphatic rings. The highest BCUT2D eigenvalue weighted by Crippen LogP contribution is 2.31. The molecule has 1 aromatic carbocycles. The quantitative estimate of drug-likeness (QED) is 0.698. The Labute approximate surface area is 101 Å². The smallest absolute Gasteiger partial charge is 0.123 e. The van der Waals surface area contributed by atoms with Crippen LogP contribution < -0.4 is 0 Å². The van der Waals surface area contributed by atoms with E-state index in [-0.39, 0.29) is 5.82 Å². The maximum atomic E-state index is 12.8. The van der Waals surface area contributed by atoms with Crippen LogP contribution in [0, 0.1) is 12.7 Å². The minimum atomic E-state index is -0.188. The summed E-state index contributed by atoms with van der Waals surface area (Å²) in [5.41, 5.74) is 2.28. The summed E-state index contributed by atoms with van der Waals surface area (Å²) in [7, 11) is 0. The SMILES string of the molecule is Cc1sc(CBr)cc1-c1ccc(F)cc1. The van der Waals surface area contributed by atoms with E-state index >= 15 is 0 Å². The van der Waals surface area contributed by atoms with Crippen LogP contribution in [0.15, 0.2) is 30.3 Å². The van der Waals surface area contributed by atoms with Crippen molar-refractivity contribution < 1.29 is 4.39 Å². The second-order valence-electron chi connectivity index (χ2n) is 3.32. The Kier molecular flexibility index (Phi) is 3.22. The van der Waals surface area contributed by atoms with E-state index in [1.54, 1.807) is 11.3 Å². The van der Waals surface area contributed by atoms with E-state index in [0.29, 0.717) is 0 Å². The van der Waals surface area contributed by atoms with Gasteiger partial charge in [-0.1, -0.05) is 28.1 Å². The summed E-state index contributed by atoms with van der Waals surface area (Å²) < 4.78 is 12.8. The van der Waals surface area contributed by atoms with Crippen molar-refractivity contribution in [3.8, 4) is 11.1 Å². The van der Waals surface area contributed by atoms with Gasteiger partial charge in [0.2, 0.25) is 0 Å². The van der Waals surface area contributed by atoms with Gasteiger partial charge in [0.1, 0.15) is 5.82 Å². The van der Waals surface area contributed by atoms with Gasteiger partial charge in [-0.05, 0) is 36.2 Å². The van der Waals surface area contributed by atoms with Crippen molar-refractivity contribution in [3.05, 3.63) is 45.9 Å². The molecule has 0 unspecified atom stereocenters. The first-order chi connectivity index (χ1) is 7.20. The first kappa shape index (κ1) is 10.8. The lowest BCUT2D eigenvalue weighted by molar-refractivity contribution is 0.628. The van der Waals surface area contributed by atoms with E-state index in [2.05, 4.69) is 28.9 Å². The summed E-state index contributed by atoms with van der Waals surface area (Å²) in [5, 5.41) is 0.875. The number of aryl methyl sites for hydroxylation is 1. The molecule has 0 amide bonds. The predicted molar refractivity (Wildman–Crippen MR) is 67.1 cm³/mol. The van der Waals surface area contributed by atoms with Crippen LogP contribution in [-0.4, -0.2) is 0 Å². The number of thiophene rings is 1. The van der Waals surface area contributed by atoms with Gasteiger partial charge in [-0.3, -0.25) is 0 Å². The normalized spacial score (nSPS) is 10.6. The van der Waals surface area contributed by atoms with Gasteiger partial charge in [0, 0.05) is 15.1 Å². The van der Waals surface area contributed by atoms with Crippen molar-refractivity contribution in [1.82, 2.24) is 0 Å². The average Bonchev–Trinajstić information content (AvgIpc) is 2.61. The molecular formula is C12H10BrFS. The van der Waals surface area contributed by atoms with E-state index in [4.69, 9.17) is 0 Å². The van der Waals surface area contributed by atoms with E-state index in [1.165, 1.54) is 27.5 Å². The van der Waals surface area contributed by atoms with Crippen LogP contribution >= 0.6 is 27.3 Å². The minimum Gasteiger partial charge on any atom is -0.207 e. The molecule has 0 saturated heterocycles. The molecule has 0 fully saturated rings. The number of benzene rings is 1. The first-order valence-electron chi connectivity index (χ1n) is 4.62. The Bertz CT molecular complexity index is 459. The van der Waals surface area contributed by atoms with Gasteiger partial charge in [-0.2, -0.15) is 0 Å². The van der Waals surface area contributed by atoms with Gasteiger partial charge in [-0.25, -0.2) is 4.39 Å². The van der Waals surface area contributed by atoms with Gasteiger partial charge in [0.25, 0.3) is 0 Å². The first-order valence-corrected chi connectivity index (χ1v) is 6.55. The van der Waals surface area contributed by atoms with Crippen molar-refractivity contribution in [1.29, 1.82) is 0 Å². The molecule has 0 spiro atoms. The Hall–Kier alpha value is -0.670. The van der Waals surface area contributed by atoms with Crippen molar-refractivity contribution >= 4 is 27.3 Å². The number of hydrogen-bond donors (Lipinski definition) is 0. The molecule has 0 radical (unpaired) electrons. The third-order valence-corrected chi connectivity index (χ3v) is 4.28. The second-order valence-corrected chi connectivity index (χ2v) is 5.22. The zero-order valence-electron chi connectivity index (χ0n) is 8.26. The Morgan fingerprint density at radius 1 is 1.27 bits per heavy atom. The van der Waals surface area contributed by atoms with Crippen LogP contribution in [0.4, 0.5) is 4.39 Å². The molecule has 0 saturated carbocycles. The van der Waals surface area contributed by atoms with Crippen LogP contribution in [0.2, 0.25) is 0 Å². The van der Waals surface area contributed by atoms with Crippen molar-refractivity contribution in [2.45, 2.75) is 12.3 Å². The zero-order valence-corrected chi connectivity index (χ0v) is 10.7. The molecule has 15 heavy (non-hydrogen) atoms. The summed E-state index contributed by atoms with van der Waals surface area (Å²) in [6.07, 6.45) is 0. The molecule has 1 aromatic heterocycles.